The summed E-state index contributed by atoms with van der Waals surface area (Å²) in [4.78, 5) is 19.4. The van der Waals surface area contributed by atoms with Crippen LogP contribution in [-0.4, -0.2) is 37.6 Å². The monoisotopic (exact) mass is 291 g/mol. The summed E-state index contributed by atoms with van der Waals surface area (Å²) < 4.78 is 1.92. The van der Waals surface area contributed by atoms with Gasteiger partial charge in [-0.05, 0) is 31.0 Å². The van der Waals surface area contributed by atoms with Gasteiger partial charge >= 0.3 is 0 Å². The Morgan fingerprint density at radius 2 is 1.95 bits per heavy atom. The quantitative estimate of drug-likeness (QED) is 0.913. The van der Waals surface area contributed by atoms with Gasteiger partial charge in [-0.3, -0.25) is 0 Å². The van der Waals surface area contributed by atoms with Gasteiger partial charge in [-0.15, -0.1) is 0 Å². The zero-order valence-corrected chi connectivity index (χ0v) is 12.2. The molecule has 0 aromatic carbocycles. The molecule has 0 spiro atoms. The van der Waals surface area contributed by atoms with Crippen LogP contribution in [0.1, 0.15) is 19.3 Å². The van der Waals surface area contributed by atoms with E-state index in [-0.39, 0.29) is 5.95 Å². The molecule has 1 saturated heterocycles. The Hall–Kier alpha value is -1.83. The van der Waals surface area contributed by atoms with E-state index in [0.717, 1.165) is 18.2 Å². The SMILES string of the molecule is Cn1ccnc1Sc1nc(N)nc(N2CCCCC2)n1. The van der Waals surface area contributed by atoms with Gasteiger partial charge in [0.2, 0.25) is 17.1 Å². The molecule has 2 aromatic heterocycles. The van der Waals surface area contributed by atoms with E-state index < -0.39 is 0 Å². The van der Waals surface area contributed by atoms with E-state index in [0.29, 0.717) is 11.1 Å². The van der Waals surface area contributed by atoms with E-state index in [9.17, 15) is 0 Å². The largest absolute Gasteiger partial charge is 0.368 e. The van der Waals surface area contributed by atoms with Crippen LogP contribution in [0, 0.1) is 0 Å². The van der Waals surface area contributed by atoms with Crippen LogP contribution in [0.15, 0.2) is 22.7 Å². The maximum absolute atomic E-state index is 5.80. The number of aromatic nitrogens is 5. The minimum atomic E-state index is 0.261. The molecule has 3 heterocycles. The molecule has 1 fully saturated rings. The summed E-state index contributed by atoms with van der Waals surface area (Å²) in [5, 5.41) is 1.42. The van der Waals surface area contributed by atoms with Crippen molar-refractivity contribution in [3.8, 4) is 0 Å². The first kappa shape index (κ1) is 13.2. The van der Waals surface area contributed by atoms with Gasteiger partial charge in [0.1, 0.15) is 0 Å². The first-order valence-electron chi connectivity index (χ1n) is 6.64. The summed E-state index contributed by atoms with van der Waals surface area (Å²) in [7, 11) is 1.94. The minimum absolute atomic E-state index is 0.261. The van der Waals surface area contributed by atoms with Crippen LogP contribution in [0.3, 0.4) is 0 Å². The van der Waals surface area contributed by atoms with Gasteiger partial charge in [-0.1, -0.05) is 0 Å². The predicted octanol–water partition coefficient (Wildman–Crippen LogP) is 1.33. The van der Waals surface area contributed by atoms with E-state index in [1.165, 1.54) is 31.0 Å². The third-order valence-electron chi connectivity index (χ3n) is 3.22. The highest BCUT2D eigenvalue weighted by atomic mass is 32.2. The van der Waals surface area contributed by atoms with E-state index in [1.54, 1.807) is 6.20 Å². The molecule has 3 rings (SSSR count). The maximum Gasteiger partial charge on any atom is 0.231 e. The smallest absolute Gasteiger partial charge is 0.231 e. The Morgan fingerprint density at radius 3 is 2.65 bits per heavy atom. The van der Waals surface area contributed by atoms with Crippen LogP contribution in [0.25, 0.3) is 0 Å². The summed E-state index contributed by atoms with van der Waals surface area (Å²) in [6, 6.07) is 0. The first-order valence-corrected chi connectivity index (χ1v) is 7.46. The van der Waals surface area contributed by atoms with Crippen molar-refractivity contribution < 1.29 is 0 Å². The average Bonchev–Trinajstić information content (AvgIpc) is 2.85. The number of hydrogen-bond donors (Lipinski definition) is 1. The molecule has 1 aliphatic rings. The van der Waals surface area contributed by atoms with Gasteiger partial charge in [0.05, 0.1) is 0 Å². The molecule has 0 unspecified atom stereocenters. The number of rotatable bonds is 3. The van der Waals surface area contributed by atoms with Crippen molar-refractivity contribution in [3.05, 3.63) is 12.4 Å². The number of nitrogen functional groups attached to an aromatic ring is 1. The molecule has 106 valence electrons. The van der Waals surface area contributed by atoms with E-state index in [4.69, 9.17) is 5.73 Å². The van der Waals surface area contributed by atoms with Crippen molar-refractivity contribution in [2.45, 2.75) is 29.6 Å². The van der Waals surface area contributed by atoms with Crippen molar-refractivity contribution in [3.63, 3.8) is 0 Å². The van der Waals surface area contributed by atoms with Crippen molar-refractivity contribution in [2.75, 3.05) is 23.7 Å². The number of aryl methyl sites for hydroxylation is 1. The van der Waals surface area contributed by atoms with Crippen molar-refractivity contribution in [1.29, 1.82) is 0 Å². The van der Waals surface area contributed by atoms with Crippen LogP contribution in [0.2, 0.25) is 0 Å². The highest BCUT2D eigenvalue weighted by Gasteiger charge is 2.16. The summed E-state index contributed by atoms with van der Waals surface area (Å²) in [6.45, 7) is 1.96. The fraction of sp³-hybridized carbons (Fsp3) is 0.500. The third-order valence-corrected chi connectivity index (χ3v) is 4.16. The normalized spacial score (nSPS) is 15.6. The van der Waals surface area contributed by atoms with Gasteiger partial charge in [0, 0.05) is 32.5 Å². The van der Waals surface area contributed by atoms with Crippen LogP contribution in [0.4, 0.5) is 11.9 Å². The van der Waals surface area contributed by atoms with E-state index in [1.807, 2.05) is 17.8 Å². The summed E-state index contributed by atoms with van der Waals surface area (Å²) in [5.41, 5.74) is 5.80. The molecular weight excluding hydrogens is 274 g/mol. The van der Waals surface area contributed by atoms with Crippen LogP contribution in [0.5, 0.6) is 0 Å². The number of hydrogen-bond acceptors (Lipinski definition) is 7. The Labute approximate surface area is 121 Å². The minimum Gasteiger partial charge on any atom is -0.368 e. The molecule has 0 atom stereocenters. The Balaban J connectivity index is 1.84. The number of anilines is 2. The highest BCUT2D eigenvalue weighted by Crippen LogP contribution is 2.25. The molecule has 8 heteroatoms. The fourth-order valence-electron chi connectivity index (χ4n) is 2.17. The van der Waals surface area contributed by atoms with Gasteiger partial charge in [-0.25, -0.2) is 4.98 Å². The molecule has 0 bridgehead atoms. The zero-order valence-electron chi connectivity index (χ0n) is 11.4. The lowest BCUT2D eigenvalue weighted by molar-refractivity contribution is 0.565. The van der Waals surface area contributed by atoms with Crippen molar-refractivity contribution in [2.24, 2.45) is 7.05 Å². The topological polar surface area (TPSA) is 85.8 Å². The lowest BCUT2D eigenvalue weighted by atomic mass is 10.1. The molecule has 0 amide bonds. The zero-order chi connectivity index (χ0) is 13.9. The number of piperidine rings is 1. The second-order valence-corrected chi connectivity index (χ2v) is 5.68. The second kappa shape index (κ2) is 5.66. The highest BCUT2D eigenvalue weighted by molar-refractivity contribution is 7.99. The van der Waals surface area contributed by atoms with Crippen LogP contribution >= 0.6 is 11.8 Å². The molecular formula is C12H17N7S. The molecule has 0 radical (unpaired) electrons. The Kier molecular flexibility index (Phi) is 3.72. The second-order valence-electron chi connectivity index (χ2n) is 4.75. The van der Waals surface area contributed by atoms with Gasteiger partial charge in [0.15, 0.2) is 5.16 Å². The Bertz CT molecular complexity index is 591. The summed E-state index contributed by atoms with van der Waals surface area (Å²) in [5.74, 6) is 0.936. The number of nitrogens with two attached hydrogens (primary N) is 1. The standard InChI is InChI=1S/C12H17N7S/c1-18-8-5-14-12(18)20-11-16-9(13)15-10(17-11)19-6-3-2-4-7-19/h5,8H,2-4,6-7H2,1H3,(H2,13,15,16,17). The lowest BCUT2D eigenvalue weighted by Crippen LogP contribution is -2.31. The lowest BCUT2D eigenvalue weighted by Gasteiger charge is -2.26. The Morgan fingerprint density at radius 1 is 1.15 bits per heavy atom. The molecule has 0 saturated carbocycles. The molecule has 2 N–H and O–H groups in total. The summed E-state index contributed by atoms with van der Waals surface area (Å²) >= 11 is 1.40. The van der Waals surface area contributed by atoms with Gasteiger partial charge < -0.3 is 15.2 Å². The molecule has 2 aromatic rings. The van der Waals surface area contributed by atoms with Crippen LogP contribution < -0.4 is 10.6 Å². The average molecular weight is 291 g/mol. The first-order chi connectivity index (χ1) is 9.72. The number of nitrogens with zero attached hydrogens (tertiary/aromatic N) is 6. The predicted molar refractivity (Wildman–Crippen MR) is 77.6 cm³/mol. The van der Waals surface area contributed by atoms with E-state index >= 15 is 0 Å². The van der Waals surface area contributed by atoms with Crippen LogP contribution in [-0.2, 0) is 7.05 Å². The maximum atomic E-state index is 5.80. The molecule has 1 aliphatic heterocycles. The van der Waals surface area contributed by atoms with Gasteiger partial charge in [-0.2, -0.15) is 15.0 Å². The van der Waals surface area contributed by atoms with Crippen molar-refractivity contribution >= 4 is 23.7 Å². The fourth-order valence-corrected chi connectivity index (χ4v) is 2.92. The van der Waals surface area contributed by atoms with E-state index in [2.05, 4.69) is 24.8 Å². The third kappa shape index (κ3) is 2.84. The summed E-state index contributed by atoms with van der Waals surface area (Å²) in [6.07, 6.45) is 7.25. The number of imidazole rings is 1. The van der Waals surface area contributed by atoms with Crippen molar-refractivity contribution in [1.82, 2.24) is 24.5 Å². The van der Waals surface area contributed by atoms with Gasteiger partial charge in [0.25, 0.3) is 0 Å². The molecule has 7 nitrogen and oxygen atoms in total. The molecule has 0 aliphatic carbocycles. The molecule has 20 heavy (non-hydrogen) atoms.